The normalized spacial score (nSPS) is 12.6. The van der Waals surface area contributed by atoms with E-state index in [4.69, 9.17) is 9.47 Å². The summed E-state index contributed by atoms with van der Waals surface area (Å²) in [6, 6.07) is 7.35. The van der Waals surface area contributed by atoms with Crippen LogP contribution >= 0.6 is 0 Å². The van der Waals surface area contributed by atoms with Crippen LogP contribution in [0.2, 0.25) is 0 Å². The average molecular weight is 234 g/mol. The summed E-state index contributed by atoms with van der Waals surface area (Å²) in [6.45, 7) is 3.84. The summed E-state index contributed by atoms with van der Waals surface area (Å²) in [4.78, 5) is 11.6. The molecule has 0 fully saturated rings. The first kappa shape index (κ1) is 13.5. The summed E-state index contributed by atoms with van der Waals surface area (Å²) < 4.78 is 10.2. The quantitative estimate of drug-likeness (QED) is 0.580. The molecule has 0 saturated carbocycles. The number of allylic oxidation sites excluding steroid dienone is 1. The molecule has 0 radical (unpaired) electrons. The number of methoxy groups -OCH3 is 1. The number of benzene rings is 1. The topological polar surface area (TPSA) is 35.5 Å². The Bertz CT molecular complexity index is 375. The van der Waals surface area contributed by atoms with Crippen molar-refractivity contribution >= 4 is 12.0 Å². The first-order chi connectivity index (χ1) is 8.21. The molecule has 0 aromatic heterocycles. The summed E-state index contributed by atoms with van der Waals surface area (Å²) in [7, 11) is 1.50. The second kappa shape index (κ2) is 6.86. The van der Waals surface area contributed by atoms with Gasteiger partial charge in [0.15, 0.2) is 6.10 Å². The van der Waals surface area contributed by atoms with Crippen molar-refractivity contribution in [3.63, 3.8) is 0 Å². The summed E-state index contributed by atoms with van der Waals surface area (Å²) in [5.74, 6) is 0.188. The highest BCUT2D eigenvalue weighted by Gasteiger charge is 2.17. The minimum Gasteiger partial charge on any atom is -0.425 e. The van der Waals surface area contributed by atoms with Gasteiger partial charge in [-0.05, 0) is 31.0 Å². The zero-order valence-electron chi connectivity index (χ0n) is 10.5. The fourth-order valence-corrected chi connectivity index (χ4v) is 1.45. The molecule has 0 heterocycles. The van der Waals surface area contributed by atoms with Crippen LogP contribution < -0.4 is 4.74 Å². The number of carbonyl (C=O) groups excluding carboxylic acids is 1. The summed E-state index contributed by atoms with van der Waals surface area (Å²) >= 11 is 0. The molecule has 1 atom stereocenters. The van der Waals surface area contributed by atoms with Crippen LogP contribution in [0.3, 0.4) is 0 Å². The van der Waals surface area contributed by atoms with E-state index in [0.717, 1.165) is 5.56 Å². The highest BCUT2D eigenvalue weighted by atomic mass is 16.6. The standard InChI is InChI=1S/C14H18O3/c1-4-6-11-7-9-12(10-8-11)17-14(15)13(5-2)16-3/h4,6-10,13H,5H2,1-3H3/b6-4+. The van der Waals surface area contributed by atoms with E-state index >= 15 is 0 Å². The lowest BCUT2D eigenvalue weighted by atomic mass is 10.2. The maximum absolute atomic E-state index is 11.6. The second-order valence-electron chi connectivity index (χ2n) is 3.62. The second-order valence-corrected chi connectivity index (χ2v) is 3.62. The van der Waals surface area contributed by atoms with Crippen molar-refractivity contribution in [1.82, 2.24) is 0 Å². The van der Waals surface area contributed by atoms with Gasteiger partial charge in [-0.3, -0.25) is 0 Å². The Kier molecular flexibility index (Phi) is 5.43. The van der Waals surface area contributed by atoms with E-state index in [1.165, 1.54) is 7.11 Å². The van der Waals surface area contributed by atoms with Crippen molar-refractivity contribution in [1.29, 1.82) is 0 Å². The molecule has 0 aliphatic carbocycles. The van der Waals surface area contributed by atoms with E-state index in [-0.39, 0.29) is 5.97 Å². The SMILES string of the molecule is C/C=C/c1ccc(OC(=O)C(CC)OC)cc1. The Hall–Kier alpha value is -1.61. The van der Waals surface area contributed by atoms with E-state index in [2.05, 4.69) is 0 Å². The van der Waals surface area contributed by atoms with E-state index in [1.54, 1.807) is 12.1 Å². The lowest BCUT2D eigenvalue weighted by Gasteiger charge is -2.11. The van der Waals surface area contributed by atoms with Crippen LogP contribution in [-0.4, -0.2) is 19.2 Å². The average Bonchev–Trinajstić information content (AvgIpc) is 2.33. The molecule has 1 rings (SSSR count). The third-order valence-corrected chi connectivity index (χ3v) is 2.38. The minimum absolute atomic E-state index is 0.353. The fourth-order valence-electron chi connectivity index (χ4n) is 1.45. The lowest BCUT2D eigenvalue weighted by Crippen LogP contribution is -2.26. The van der Waals surface area contributed by atoms with E-state index in [0.29, 0.717) is 12.2 Å². The molecule has 0 bridgehead atoms. The van der Waals surface area contributed by atoms with Gasteiger partial charge < -0.3 is 9.47 Å². The zero-order chi connectivity index (χ0) is 12.7. The van der Waals surface area contributed by atoms with Gasteiger partial charge in [0.1, 0.15) is 5.75 Å². The van der Waals surface area contributed by atoms with Crippen molar-refractivity contribution in [2.24, 2.45) is 0 Å². The molecule has 1 unspecified atom stereocenters. The molecular weight excluding hydrogens is 216 g/mol. The first-order valence-corrected chi connectivity index (χ1v) is 5.68. The number of carbonyl (C=O) groups is 1. The molecule has 3 heteroatoms. The molecule has 0 aliphatic heterocycles. The van der Waals surface area contributed by atoms with Crippen LogP contribution in [0.5, 0.6) is 5.75 Å². The highest BCUT2D eigenvalue weighted by molar-refractivity contribution is 5.77. The van der Waals surface area contributed by atoms with Crippen molar-refractivity contribution < 1.29 is 14.3 Å². The van der Waals surface area contributed by atoms with Crippen LogP contribution in [-0.2, 0) is 9.53 Å². The van der Waals surface area contributed by atoms with Gasteiger partial charge in [-0.15, -0.1) is 0 Å². The van der Waals surface area contributed by atoms with Crippen LogP contribution in [0, 0.1) is 0 Å². The van der Waals surface area contributed by atoms with Gasteiger partial charge in [-0.2, -0.15) is 0 Å². The van der Waals surface area contributed by atoms with Crippen LogP contribution in [0.4, 0.5) is 0 Å². The van der Waals surface area contributed by atoms with Gasteiger partial charge in [0.05, 0.1) is 0 Å². The number of rotatable bonds is 5. The van der Waals surface area contributed by atoms with Gasteiger partial charge in [0, 0.05) is 7.11 Å². The van der Waals surface area contributed by atoms with E-state index < -0.39 is 6.10 Å². The van der Waals surface area contributed by atoms with E-state index in [9.17, 15) is 4.79 Å². The molecule has 3 nitrogen and oxygen atoms in total. The molecular formula is C14H18O3. The van der Waals surface area contributed by atoms with E-state index in [1.807, 2.05) is 38.1 Å². The van der Waals surface area contributed by atoms with Crippen molar-refractivity contribution in [2.45, 2.75) is 26.4 Å². The Morgan fingerprint density at radius 1 is 1.35 bits per heavy atom. The fraction of sp³-hybridized carbons (Fsp3) is 0.357. The number of hydrogen-bond donors (Lipinski definition) is 0. The molecule has 1 aromatic rings. The molecule has 17 heavy (non-hydrogen) atoms. The van der Waals surface area contributed by atoms with Gasteiger partial charge in [0.25, 0.3) is 0 Å². The number of esters is 1. The molecule has 0 aliphatic rings. The number of ether oxygens (including phenoxy) is 2. The van der Waals surface area contributed by atoms with Crippen molar-refractivity contribution in [3.05, 3.63) is 35.9 Å². The van der Waals surface area contributed by atoms with Gasteiger partial charge in [-0.25, -0.2) is 4.79 Å². The predicted octanol–water partition coefficient (Wildman–Crippen LogP) is 3.05. The van der Waals surface area contributed by atoms with Crippen molar-refractivity contribution in [2.75, 3.05) is 7.11 Å². The molecule has 1 aromatic carbocycles. The van der Waals surface area contributed by atoms with Crippen LogP contribution in [0.1, 0.15) is 25.8 Å². The molecule has 0 saturated heterocycles. The molecule has 0 N–H and O–H groups in total. The Morgan fingerprint density at radius 2 is 2.00 bits per heavy atom. The number of hydrogen-bond acceptors (Lipinski definition) is 3. The molecule has 0 amide bonds. The third-order valence-electron chi connectivity index (χ3n) is 2.38. The third kappa shape index (κ3) is 4.04. The van der Waals surface area contributed by atoms with Crippen molar-refractivity contribution in [3.8, 4) is 5.75 Å². The Labute approximate surface area is 102 Å². The smallest absolute Gasteiger partial charge is 0.340 e. The zero-order valence-corrected chi connectivity index (χ0v) is 10.5. The summed E-state index contributed by atoms with van der Waals surface area (Å²) in [5, 5.41) is 0. The highest BCUT2D eigenvalue weighted by Crippen LogP contribution is 2.14. The lowest BCUT2D eigenvalue weighted by molar-refractivity contribution is -0.145. The van der Waals surface area contributed by atoms with Gasteiger partial charge in [-0.1, -0.05) is 31.2 Å². The Morgan fingerprint density at radius 3 is 2.47 bits per heavy atom. The Balaban J connectivity index is 2.65. The summed E-state index contributed by atoms with van der Waals surface area (Å²) in [6.07, 6.45) is 4.05. The summed E-state index contributed by atoms with van der Waals surface area (Å²) in [5.41, 5.74) is 1.08. The predicted molar refractivity (Wildman–Crippen MR) is 67.9 cm³/mol. The van der Waals surface area contributed by atoms with Crippen LogP contribution in [0.25, 0.3) is 6.08 Å². The molecule has 0 spiro atoms. The van der Waals surface area contributed by atoms with Gasteiger partial charge in [0.2, 0.25) is 0 Å². The largest absolute Gasteiger partial charge is 0.425 e. The first-order valence-electron chi connectivity index (χ1n) is 5.68. The van der Waals surface area contributed by atoms with Gasteiger partial charge >= 0.3 is 5.97 Å². The molecule has 92 valence electrons. The maximum Gasteiger partial charge on any atom is 0.340 e. The van der Waals surface area contributed by atoms with Crippen LogP contribution in [0.15, 0.2) is 30.3 Å². The maximum atomic E-state index is 11.6. The monoisotopic (exact) mass is 234 g/mol. The minimum atomic E-state index is -0.495.